The number of ether oxygens (including phenoxy) is 4. The second-order valence-corrected chi connectivity index (χ2v) is 13.0. The van der Waals surface area contributed by atoms with Crippen LogP contribution < -0.4 is 9.47 Å². The van der Waals surface area contributed by atoms with E-state index < -0.39 is 12.2 Å². The molecule has 3 aromatic carbocycles. The average molecular weight is 609 g/mol. The van der Waals surface area contributed by atoms with Gasteiger partial charge in [0.15, 0.2) is 0 Å². The van der Waals surface area contributed by atoms with Crippen molar-refractivity contribution in [2.75, 3.05) is 13.2 Å². The third kappa shape index (κ3) is 8.56. The zero-order chi connectivity index (χ0) is 30.2. The van der Waals surface area contributed by atoms with Crippen molar-refractivity contribution in [2.24, 2.45) is 11.8 Å². The van der Waals surface area contributed by atoms with Gasteiger partial charge in [-0.3, -0.25) is 9.59 Å². The van der Waals surface area contributed by atoms with Gasteiger partial charge >= 0.3 is 11.9 Å². The lowest BCUT2D eigenvalue weighted by Gasteiger charge is -2.24. The van der Waals surface area contributed by atoms with Gasteiger partial charge in [-0.25, -0.2) is 0 Å². The van der Waals surface area contributed by atoms with Gasteiger partial charge in [0.1, 0.15) is 23.7 Å². The number of fused-ring (bicyclic) bond motifs is 2. The van der Waals surface area contributed by atoms with Crippen molar-refractivity contribution >= 4 is 45.1 Å². The molecule has 2 saturated carbocycles. The molecule has 232 valence electrons. The highest BCUT2D eigenvalue weighted by molar-refractivity contribution is 6.31. The van der Waals surface area contributed by atoms with Gasteiger partial charge < -0.3 is 18.9 Å². The van der Waals surface area contributed by atoms with Crippen LogP contribution in [0.1, 0.15) is 90.9 Å². The first-order valence-electron chi connectivity index (χ1n) is 16.2. The van der Waals surface area contributed by atoms with Crippen molar-refractivity contribution in [1.29, 1.82) is 0 Å². The van der Waals surface area contributed by atoms with Crippen LogP contribution in [0, 0.1) is 11.8 Å². The van der Waals surface area contributed by atoms with Gasteiger partial charge in [-0.2, -0.15) is 0 Å². The second-order valence-electron chi connectivity index (χ2n) is 12.5. The lowest BCUT2D eigenvalue weighted by atomic mass is 9.90. The average Bonchev–Trinajstić information content (AvgIpc) is 3.01. The molecular formula is C36H45ClO6. The predicted octanol–water partition coefficient (Wildman–Crippen LogP) is 9.21. The smallest absolute Gasteiger partial charge is 0.309 e. The molecule has 2 aliphatic rings. The number of carbonyl (C=O) groups excluding carboxylic acids is 2. The van der Waals surface area contributed by atoms with E-state index in [4.69, 9.17) is 30.5 Å². The molecule has 2 aliphatic carbocycles. The summed E-state index contributed by atoms with van der Waals surface area (Å²) in [5.74, 6) is 1.78. The van der Waals surface area contributed by atoms with Crippen molar-refractivity contribution < 1.29 is 28.5 Å². The fourth-order valence-corrected chi connectivity index (χ4v) is 6.70. The molecule has 2 fully saturated rings. The largest absolute Gasteiger partial charge is 0.489 e. The molecule has 5 rings (SSSR count). The van der Waals surface area contributed by atoms with Gasteiger partial charge in [0, 0.05) is 26.6 Å². The van der Waals surface area contributed by atoms with Crippen LogP contribution in [0.5, 0.6) is 11.5 Å². The van der Waals surface area contributed by atoms with Gasteiger partial charge in [0.25, 0.3) is 0 Å². The molecule has 0 N–H and O–H groups in total. The summed E-state index contributed by atoms with van der Waals surface area (Å²) in [7, 11) is 0. The zero-order valence-corrected chi connectivity index (χ0v) is 26.3. The topological polar surface area (TPSA) is 71.1 Å². The quantitative estimate of drug-likeness (QED) is 0.151. The van der Waals surface area contributed by atoms with E-state index in [1.165, 1.54) is 38.5 Å². The van der Waals surface area contributed by atoms with E-state index in [1.807, 2.05) is 56.3 Å². The Morgan fingerprint density at radius 1 is 0.674 bits per heavy atom. The van der Waals surface area contributed by atoms with Gasteiger partial charge in [-0.1, -0.05) is 74.4 Å². The van der Waals surface area contributed by atoms with Gasteiger partial charge in [0.2, 0.25) is 0 Å². The first-order chi connectivity index (χ1) is 20.9. The number of rotatable bonds is 12. The molecule has 0 amide bonds. The summed E-state index contributed by atoms with van der Waals surface area (Å²) in [6, 6.07) is 13.5. The fourth-order valence-electron chi connectivity index (χ4n) is 6.53. The number of halogens is 1. The fraction of sp³-hybridized carbons (Fsp3) is 0.556. The Hall–Kier alpha value is -2.99. The summed E-state index contributed by atoms with van der Waals surface area (Å²) in [6.45, 7) is 4.77. The lowest BCUT2D eigenvalue weighted by molar-refractivity contribution is -0.148. The molecule has 0 radical (unpaired) electrons. The Morgan fingerprint density at radius 2 is 1.12 bits per heavy atom. The van der Waals surface area contributed by atoms with Gasteiger partial charge in [-0.15, -0.1) is 0 Å². The van der Waals surface area contributed by atoms with Crippen LogP contribution in [0.4, 0.5) is 0 Å². The molecule has 43 heavy (non-hydrogen) atoms. The standard InChI is InChI=1S/C36H45ClO6/c1-24(19-33(38)40-22-26-11-5-3-6-12-26)42-35-29-15-9-10-16-30(29)36(32-21-28(37)17-18-31(32)35)43-25(2)20-34(39)41-23-27-13-7-4-8-14-27/h9-10,15-18,21,24-27H,3-8,11-14,19-20,22-23H2,1-2H3. The molecule has 3 aromatic rings. The minimum absolute atomic E-state index is 0.154. The molecule has 0 spiro atoms. The molecule has 0 bridgehead atoms. The van der Waals surface area contributed by atoms with Gasteiger partial charge in [-0.05, 0) is 69.6 Å². The number of esters is 2. The summed E-state index contributed by atoms with van der Waals surface area (Å²) in [5.41, 5.74) is 0. The van der Waals surface area contributed by atoms with Crippen molar-refractivity contribution in [3.63, 3.8) is 0 Å². The predicted molar refractivity (Wildman–Crippen MR) is 171 cm³/mol. The van der Waals surface area contributed by atoms with Crippen LogP contribution in [-0.2, 0) is 19.1 Å². The van der Waals surface area contributed by atoms with E-state index in [2.05, 4.69) is 0 Å². The van der Waals surface area contributed by atoms with Crippen molar-refractivity contribution in [2.45, 2.75) is 103 Å². The van der Waals surface area contributed by atoms with Crippen LogP contribution in [-0.4, -0.2) is 37.4 Å². The van der Waals surface area contributed by atoms with Crippen LogP contribution in [0.3, 0.4) is 0 Å². The third-order valence-corrected chi connectivity index (χ3v) is 9.08. The monoisotopic (exact) mass is 608 g/mol. The van der Waals surface area contributed by atoms with Crippen molar-refractivity contribution in [1.82, 2.24) is 0 Å². The van der Waals surface area contributed by atoms with Crippen LogP contribution in [0.25, 0.3) is 21.5 Å². The van der Waals surface area contributed by atoms with Crippen LogP contribution in [0.2, 0.25) is 5.02 Å². The minimum atomic E-state index is -0.408. The van der Waals surface area contributed by atoms with Crippen LogP contribution in [0.15, 0.2) is 42.5 Å². The van der Waals surface area contributed by atoms with E-state index in [0.29, 0.717) is 41.6 Å². The van der Waals surface area contributed by atoms with E-state index in [0.717, 1.165) is 47.2 Å². The Morgan fingerprint density at radius 3 is 1.60 bits per heavy atom. The van der Waals surface area contributed by atoms with Crippen molar-refractivity contribution in [3.05, 3.63) is 47.5 Å². The highest BCUT2D eigenvalue weighted by atomic mass is 35.5. The maximum Gasteiger partial charge on any atom is 0.309 e. The molecule has 2 atom stereocenters. The molecule has 0 saturated heterocycles. The molecule has 0 heterocycles. The molecule has 7 heteroatoms. The number of carbonyl (C=O) groups is 2. The summed E-state index contributed by atoms with van der Waals surface area (Å²) in [4.78, 5) is 25.4. The van der Waals surface area contributed by atoms with Crippen LogP contribution >= 0.6 is 11.6 Å². The summed E-state index contributed by atoms with van der Waals surface area (Å²) < 4.78 is 24.2. The highest BCUT2D eigenvalue weighted by Crippen LogP contribution is 2.44. The Balaban J connectivity index is 1.31. The number of hydrogen-bond acceptors (Lipinski definition) is 6. The first-order valence-corrected chi connectivity index (χ1v) is 16.5. The summed E-state index contributed by atoms with van der Waals surface area (Å²) in [6.07, 6.45) is 11.5. The molecular weight excluding hydrogens is 564 g/mol. The molecule has 2 unspecified atom stereocenters. The van der Waals surface area contributed by atoms with Crippen molar-refractivity contribution in [3.8, 4) is 11.5 Å². The molecule has 0 aliphatic heterocycles. The van der Waals surface area contributed by atoms with Gasteiger partial charge in [0.05, 0.1) is 26.1 Å². The van der Waals surface area contributed by atoms with E-state index in [-0.39, 0.29) is 24.8 Å². The zero-order valence-electron chi connectivity index (χ0n) is 25.6. The number of benzene rings is 3. The first kappa shape index (κ1) is 31.4. The summed E-state index contributed by atoms with van der Waals surface area (Å²) in [5, 5.41) is 3.89. The molecule has 0 aromatic heterocycles. The maximum absolute atomic E-state index is 12.7. The molecule has 6 nitrogen and oxygen atoms in total. The SMILES string of the molecule is CC(CC(=O)OCC1CCCCC1)Oc1c2ccccc2c(OC(C)CC(=O)OCC2CCCCC2)c2cc(Cl)ccc12. The lowest BCUT2D eigenvalue weighted by Crippen LogP contribution is -2.23. The second kappa shape index (κ2) is 15.1. The Bertz CT molecular complexity index is 1390. The van der Waals surface area contributed by atoms with E-state index in [9.17, 15) is 9.59 Å². The number of hydrogen-bond donors (Lipinski definition) is 0. The third-order valence-electron chi connectivity index (χ3n) is 8.84. The highest BCUT2D eigenvalue weighted by Gasteiger charge is 2.23. The Labute approximate surface area is 260 Å². The normalized spacial score (nSPS) is 17.8. The van der Waals surface area contributed by atoms with E-state index >= 15 is 0 Å². The Kier molecular flexibility index (Phi) is 11.1. The minimum Gasteiger partial charge on any atom is -0.489 e. The van der Waals surface area contributed by atoms with E-state index in [1.54, 1.807) is 0 Å². The maximum atomic E-state index is 12.7. The summed E-state index contributed by atoms with van der Waals surface area (Å²) >= 11 is 6.47.